The van der Waals surface area contributed by atoms with Crippen molar-refractivity contribution in [2.24, 2.45) is 0 Å². The number of ether oxygens (including phenoxy) is 2. The minimum absolute atomic E-state index is 0.244. The van der Waals surface area contributed by atoms with Crippen molar-refractivity contribution in [3.8, 4) is 0 Å². The molecule has 1 unspecified atom stereocenters. The number of benzene rings is 1. The van der Waals surface area contributed by atoms with Crippen LogP contribution in [0.15, 0.2) is 50.9 Å². The summed E-state index contributed by atoms with van der Waals surface area (Å²) >= 11 is 0. The van der Waals surface area contributed by atoms with E-state index in [1.807, 2.05) is 0 Å². The number of hydrogen-bond donors (Lipinski definition) is 1. The second kappa shape index (κ2) is 5.73. The number of carboxylic acid groups (broad SMARTS) is 1. The minimum atomic E-state index is -1.40. The van der Waals surface area contributed by atoms with Crippen LogP contribution in [0.5, 0.6) is 0 Å². The van der Waals surface area contributed by atoms with Gasteiger partial charge in [-0.05, 0) is 26.0 Å². The fraction of sp³-hybridized carbons (Fsp3) is 0.188. The first-order valence-corrected chi connectivity index (χ1v) is 6.98. The number of carbonyl (C=O) groups excluding carboxylic acids is 1. The Morgan fingerprint density at radius 1 is 1.29 bits per heavy atom. The molecule has 2 heterocycles. The lowest BCUT2D eigenvalue weighted by molar-refractivity contribution is -0.152. The molecular formula is C16H13NO7. The number of nitrogens with zero attached hydrogens (tertiary/aromatic N) is 1. The van der Waals surface area contributed by atoms with E-state index in [9.17, 15) is 19.5 Å². The molecule has 0 spiro atoms. The maximum absolute atomic E-state index is 12.0. The summed E-state index contributed by atoms with van der Waals surface area (Å²) in [5.74, 6) is -2.79. The van der Waals surface area contributed by atoms with Crippen molar-refractivity contribution in [2.75, 3.05) is 0 Å². The topological polar surface area (TPSA) is 108 Å². The molecule has 0 saturated heterocycles. The quantitative estimate of drug-likeness (QED) is 0.516. The van der Waals surface area contributed by atoms with E-state index in [0.29, 0.717) is 11.1 Å². The van der Waals surface area contributed by atoms with E-state index < -0.39 is 29.7 Å². The molecule has 0 amide bonds. The minimum Gasteiger partial charge on any atom is -0.476 e. The van der Waals surface area contributed by atoms with E-state index in [1.54, 1.807) is 38.1 Å². The van der Waals surface area contributed by atoms with Crippen molar-refractivity contribution < 1.29 is 28.6 Å². The van der Waals surface area contributed by atoms with Gasteiger partial charge in [0.05, 0.1) is 5.52 Å². The van der Waals surface area contributed by atoms with Crippen molar-refractivity contribution in [3.05, 3.63) is 52.2 Å². The van der Waals surface area contributed by atoms with E-state index in [0.717, 1.165) is 10.8 Å². The third-order valence-electron chi connectivity index (χ3n) is 3.71. The third kappa shape index (κ3) is 2.47. The Balaban J connectivity index is 2.02. The van der Waals surface area contributed by atoms with Gasteiger partial charge >= 0.3 is 17.7 Å². The van der Waals surface area contributed by atoms with Gasteiger partial charge in [-0.25, -0.2) is 19.0 Å². The van der Waals surface area contributed by atoms with Crippen LogP contribution in [0.25, 0.3) is 16.8 Å². The van der Waals surface area contributed by atoms with E-state index >= 15 is 0 Å². The van der Waals surface area contributed by atoms with E-state index in [-0.39, 0.29) is 11.1 Å². The second-order valence-corrected chi connectivity index (χ2v) is 5.16. The molecule has 8 heteroatoms. The predicted molar refractivity (Wildman–Crippen MR) is 81.7 cm³/mol. The largest absolute Gasteiger partial charge is 0.476 e. The molecule has 0 fully saturated rings. The summed E-state index contributed by atoms with van der Waals surface area (Å²) in [5, 5.41) is 9.40. The molecule has 0 aliphatic carbocycles. The normalized spacial score (nSPS) is 18.2. The van der Waals surface area contributed by atoms with Gasteiger partial charge in [0.15, 0.2) is 11.3 Å². The van der Waals surface area contributed by atoms with Crippen molar-refractivity contribution in [1.29, 1.82) is 0 Å². The average molecular weight is 331 g/mol. The molecule has 0 radical (unpaired) electrons. The number of cyclic esters (lactones) is 1. The molecule has 3 rings (SSSR count). The molecule has 124 valence electrons. The van der Waals surface area contributed by atoms with Gasteiger partial charge in [-0.2, -0.15) is 0 Å². The lowest BCUT2D eigenvalue weighted by Gasteiger charge is -2.12. The lowest BCUT2D eigenvalue weighted by atomic mass is 10.2. The van der Waals surface area contributed by atoms with E-state index in [2.05, 4.69) is 0 Å². The van der Waals surface area contributed by atoms with Gasteiger partial charge in [-0.15, -0.1) is 0 Å². The lowest BCUT2D eigenvalue weighted by Crippen LogP contribution is -2.20. The Labute approximate surface area is 135 Å². The number of fused-ring (bicyclic) bond motifs is 1. The molecular weight excluding hydrogens is 318 g/mol. The van der Waals surface area contributed by atoms with Crippen molar-refractivity contribution >= 4 is 28.7 Å². The molecule has 1 aromatic carbocycles. The molecule has 0 saturated carbocycles. The van der Waals surface area contributed by atoms with Gasteiger partial charge in [0, 0.05) is 11.1 Å². The fourth-order valence-corrected chi connectivity index (χ4v) is 2.26. The number of para-hydroxylation sites is 2. The SMILES string of the molecule is CC1=C(C)C(O/C=C(/C(=O)O)n2c(=O)oc3ccccc32)OC1=O. The predicted octanol–water partition coefficient (Wildman–Crippen LogP) is 1.71. The number of carbonyl (C=O) groups is 2. The smallest absolute Gasteiger partial charge is 0.424 e. The maximum Gasteiger partial charge on any atom is 0.424 e. The number of aromatic nitrogens is 1. The van der Waals surface area contributed by atoms with Crippen LogP contribution in [0.2, 0.25) is 0 Å². The van der Waals surface area contributed by atoms with Crippen LogP contribution in [0, 0.1) is 0 Å². The highest BCUT2D eigenvalue weighted by molar-refractivity contribution is 6.10. The van der Waals surface area contributed by atoms with Crippen LogP contribution < -0.4 is 5.76 Å². The zero-order chi connectivity index (χ0) is 17.4. The Morgan fingerprint density at radius 3 is 2.62 bits per heavy atom. The first-order chi connectivity index (χ1) is 11.4. The molecule has 1 aliphatic heterocycles. The third-order valence-corrected chi connectivity index (χ3v) is 3.71. The van der Waals surface area contributed by atoms with E-state index in [4.69, 9.17) is 13.9 Å². The zero-order valence-corrected chi connectivity index (χ0v) is 12.8. The summed E-state index contributed by atoms with van der Waals surface area (Å²) in [4.78, 5) is 35.0. The fourth-order valence-electron chi connectivity index (χ4n) is 2.26. The Morgan fingerprint density at radius 2 is 2.00 bits per heavy atom. The molecule has 1 aliphatic rings. The average Bonchev–Trinajstić information content (AvgIpc) is 2.99. The molecule has 2 aromatic rings. The number of esters is 1. The van der Waals surface area contributed by atoms with Gasteiger partial charge in [-0.1, -0.05) is 12.1 Å². The first kappa shape index (κ1) is 15.6. The van der Waals surface area contributed by atoms with Gasteiger partial charge in [0.2, 0.25) is 0 Å². The van der Waals surface area contributed by atoms with Gasteiger partial charge in [-0.3, -0.25) is 0 Å². The maximum atomic E-state index is 12.0. The standard InChI is InChI=1S/C16H13NO7/c1-8-9(2)15(24-14(8)20)22-7-11(13(18)19)17-10-5-3-4-6-12(10)23-16(17)21/h3-7,15H,1-2H3,(H,18,19)/b11-7-. The molecule has 1 N–H and O–H groups in total. The molecule has 0 bridgehead atoms. The number of rotatable bonds is 4. The van der Waals surface area contributed by atoms with Gasteiger partial charge in [0.1, 0.15) is 6.26 Å². The Kier molecular flexibility index (Phi) is 3.72. The van der Waals surface area contributed by atoms with Crippen molar-refractivity contribution in [2.45, 2.75) is 20.1 Å². The summed E-state index contributed by atoms with van der Waals surface area (Å²) in [6.07, 6.45) is -0.160. The molecule has 1 atom stereocenters. The van der Waals surface area contributed by atoms with Gasteiger partial charge < -0.3 is 19.0 Å². The number of oxazole rings is 1. The highest BCUT2D eigenvalue weighted by Gasteiger charge is 2.30. The molecule has 8 nitrogen and oxygen atoms in total. The van der Waals surface area contributed by atoms with Crippen molar-refractivity contribution in [3.63, 3.8) is 0 Å². The number of aliphatic carboxylic acids is 1. The van der Waals surface area contributed by atoms with Gasteiger partial charge in [0.25, 0.3) is 6.29 Å². The monoisotopic (exact) mass is 331 g/mol. The van der Waals surface area contributed by atoms with Crippen LogP contribution >= 0.6 is 0 Å². The van der Waals surface area contributed by atoms with Crippen LogP contribution in [-0.2, 0) is 19.1 Å². The van der Waals surface area contributed by atoms with Crippen LogP contribution in [0.1, 0.15) is 13.8 Å². The first-order valence-electron chi connectivity index (χ1n) is 6.98. The van der Waals surface area contributed by atoms with Crippen molar-refractivity contribution in [1.82, 2.24) is 4.57 Å². The van der Waals surface area contributed by atoms with Crippen LogP contribution in [0.4, 0.5) is 0 Å². The Hall–Kier alpha value is -3.29. The number of hydrogen-bond acceptors (Lipinski definition) is 6. The number of carboxylic acids is 1. The Bertz CT molecular complexity index is 960. The summed E-state index contributed by atoms with van der Waals surface area (Å²) < 4.78 is 16.1. The summed E-state index contributed by atoms with van der Waals surface area (Å²) in [6, 6.07) is 6.39. The summed E-state index contributed by atoms with van der Waals surface area (Å²) in [6.45, 7) is 3.22. The highest BCUT2D eigenvalue weighted by Crippen LogP contribution is 2.24. The zero-order valence-electron chi connectivity index (χ0n) is 12.8. The van der Waals surface area contributed by atoms with Crippen LogP contribution in [0.3, 0.4) is 0 Å². The summed E-state index contributed by atoms with van der Waals surface area (Å²) in [7, 11) is 0. The molecule has 1 aromatic heterocycles. The van der Waals surface area contributed by atoms with Crippen LogP contribution in [-0.4, -0.2) is 27.9 Å². The highest BCUT2D eigenvalue weighted by atomic mass is 16.7. The summed E-state index contributed by atoms with van der Waals surface area (Å²) in [5.41, 5.74) is 1.00. The second-order valence-electron chi connectivity index (χ2n) is 5.16. The molecule has 24 heavy (non-hydrogen) atoms. The van der Waals surface area contributed by atoms with E-state index in [1.165, 1.54) is 0 Å².